The van der Waals surface area contributed by atoms with E-state index < -0.39 is 0 Å². The first kappa shape index (κ1) is 18.1. The molecule has 0 aliphatic carbocycles. The zero-order valence-electron chi connectivity index (χ0n) is 12.5. The minimum atomic E-state index is -0.154. The van der Waals surface area contributed by atoms with Gasteiger partial charge in [-0.1, -0.05) is 13.8 Å². The summed E-state index contributed by atoms with van der Waals surface area (Å²) in [6.07, 6.45) is 0. The molecular weight excluding hydrogens is 246 g/mol. The Morgan fingerprint density at radius 1 is 1.00 bits per heavy atom. The Hall–Kier alpha value is -0.850. The maximum Gasteiger partial charge on any atom is 0.314 e. The molecule has 0 saturated carbocycles. The first-order valence-corrected chi connectivity index (χ1v) is 7.04. The van der Waals surface area contributed by atoms with Gasteiger partial charge in [0, 0.05) is 19.6 Å². The van der Waals surface area contributed by atoms with E-state index in [4.69, 9.17) is 9.47 Å². The summed E-state index contributed by atoms with van der Waals surface area (Å²) in [6, 6.07) is -0.154. The van der Waals surface area contributed by atoms with Crippen LogP contribution in [-0.2, 0) is 9.47 Å². The van der Waals surface area contributed by atoms with E-state index in [1.807, 2.05) is 6.92 Å². The van der Waals surface area contributed by atoms with Crippen molar-refractivity contribution in [2.45, 2.75) is 20.8 Å². The highest BCUT2D eigenvalue weighted by Gasteiger charge is 1.96. The van der Waals surface area contributed by atoms with Crippen LogP contribution < -0.4 is 16.0 Å². The molecule has 0 aromatic heterocycles. The standard InChI is InChI=1S/C13H29N3O3/c1-4-15-13(17)16-6-8-19-10-9-18-7-5-14-11-12(2)3/h12,14H,4-11H2,1-3H3,(H2,15,16,17). The molecule has 0 aliphatic heterocycles. The highest BCUT2D eigenvalue weighted by molar-refractivity contribution is 5.73. The summed E-state index contributed by atoms with van der Waals surface area (Å²) in [7, 11) is 0. The highest BCUT2D eigenvalue weighted by Crippen LogP contribution is 1.86. The molecule has 0 radical (unpaired) electrons. The van der Waals surface area contributed by atoms with E-state index in [1.165, 1.54) is 0 Å². The fourth-order valence-electron chi connectivity index (χ4n) is 1.32. The first-order valence-electron chi connectivity index (χ1n) is 7.04. The fraction of sp³-hybridized carbons (Fsp3) is 0.923. The molecule has 0 unspecified atom stereocenters. The second kappa shape index (κ2) is 13.6. The molecule has 0 rings (SSSR count). The van der Waals surface area contributed by atoms with E-state index in [-0.39, 0.29) is 6.03 Å². The van der Waals surface area contributed by atoms with Crippen LogP contribution in [0.3, 0.4) is 0 Å². The van der Waals surface area contributed by atoms with E-state index in [2.05, 4.69) is 29.8 Å². The Labute approximate surface area is 116 Å². The largest absolute Gasteiger partial charge is 0.378 e. The van der Waals surface area contributed by atoms with Crippen LogP contribution in [0, 0.1) is 5.92 Å². The van der Waals surface area contributed by atoms with Gasteiger partial charge in [0.25, 0.3) is 0 Å². The lowest BCUT2D eigenvalue weighted by Crippen LogP contribution is -2.37. The van der Waals surface area contributed by atoms with Crippen molar-refractivity contribution in [1.29, 1.82) is 0 Å². The van der Waals surface area contributed by atoms with Crippen molar-refractivity contribution in [2.75, 3.05) is 52.6 Å². The zero-order chi connectivity index (χ0) is 14.3. The molecule has 3 N–H and O–H groups in total. The number of carbonyl (C=O) groups excluding carboxylic acids is 1. The van der Waals surface area contributed by atoms with Gasteiger partial charge in [-0.3, -0.25) is 0 Å². The Bertz CT molecular complexity index is 213. The molecule has 0 bridgehead atoms. The number of urea groups is 1. The number of rotatable bonds is 12. The van der Waals surface area contributed by atoms with Crippen LogP contribution in [0.2, 0.25) is 0 Å². The summed E-state index contributed by atoms with van der Waals surface area (Å²) in [5, 5.41) is 8.63. The third-order valence-electron chi connectivity index (χ3n) is 2.22. The van der Waals surface area contributed by atoms with E-state index in [0.29, 0.717) is 45.4 Å². The third kappa shape index (κ3) is 15.1. The van der Waals surface area contributed by atoms with Crippen LogP contribution in [0.1, 0.15) is 20.8 Å². The summed E-state index contributed by atoms with van der Waals surface area (Å²) in [6.45, 7) is 11.6. The molecule has 0 atom stereocenters. The average molecular weight is 275 g/mol. The van der Waals surface area contributed by atoms with Crippen molar-refractivity contribution >= 4 is 6.03 Å². The Morgan fingerprint density at radius 3 is 2.21 bits per heavy atom. The van der Waals surface area contributed by atoms with Gasteiger partial charge in [0.1, 0.15) is 0 Å². The van der Waals surface area contributed by atoms with Crippen LogP contribution in [0.15, 0.2) is 0 Å². The van der Waals surface area contributed by atoms with Crippen LogP contribution >= 0.6 is 0 Å². The van der Waals surface area contributed by atoms with Gasteiger partial charge in [0.2, 0.25) is 0 Å². The predicted molar refractivity (Wildman–Crippen MR) is 76.4 cm³/mol. The van der Waals surface area contributed by atoms with Crippen LogP contribution in [0.5, 0.6) is 0 Å². The van der Waals surface area contributed by atoms with E-state index >= 15 is 0 Å². The smallest absolute Gasteiger partial charge is 0.314 e. The van der Waals surface area contributed by atoms with Crippen LogP contribution in [-0.4, -0.2) is 58.6 Å². The minimum absolute atomic E-state index is 0.154. The average Bonchev–Trinajstić information content (AvgIpc) is 2.36. The number of nitrogens with one attached hydrogen (secondary N) is 3. The van der Waals surface area contributed by atoms with Crippen molar-refractivity contribution in [1.82, 2.24) is 16.0 Å². The molecule has 114 valence electrons. The molecule has 19 heavy (non-hydrogen) atoms. The summed E-state index contributed by atoms with van der Waals surface area (Å²) >= 11 is 0. The Morgan fingerprint density at radius 2 is 1.63 bits per heavy atom. The SMILES string of the molecule is CCNC(=O)NCCOCCOCCNCC(C)C. The summed E-state index contributed by atoms with van der Waals surface area (Å²) in [4.78, 5) is 11.0. The maximum absolute atomic E-state index is 11.0. The highest BCUT2D eigenvalue weighted by atomic mass is 16.5. The number of amides is 2. The van der Waals surface area contributed by atoms with Crippen LogP contribution in [0.25, 0.3) is 0 Å². The van der Waals surface area contributed by atoms with E-state index in [1.54, 1.807) is 0 Å². The normalized spacial score (nSPS) is 10.7. The summed E-state index contributed by atoms with van der Waals surface area (Å²) in [5.74, 6) is 0.667. The van der Waals surface area contributed by atoms with Crippen molar-refractivity contribution in [3.8, 4) is 0 Å². The molecule has 0 saturated heterocycles. The molecule has 0 aromatic carbocycles. The van der Waals surface area contributed by atoms with Crippen LogP contribution in [0.4, 0.5) is 4.79 Å². The summed E-state index contributed by atoms with van der Waals surface area (Å²) in [5.41, 5.74) is 0. The predicted octanol–water partition coefficient (Wildman–Crippen LogP) is 0.584. The van der Waals surface area contributed by atoms with Gasteiger partial charge in [-0.15, -0.1) is 0 Å². The lowest BCUT2D eigenvalue weighted by Gasteiger charge is -2.09. The Kier molecular flexibility index (Phi) is 13.0. The number of hydrogen-bond donors (Lipinski definition) is 3. The molecule has 6 nitrogen and oxygen atoms in total. The van der Waals surface area contributed by atoms with Crippen molar-refractivity contribution in [3.63, 3.8) is 0 Å². The van der Waals surface area contributed by atoms with Gasteiger partial charge in [0.15, 0.2) is 0 Å². The lowest BCUT2D eigenvalue weighted by molar-refractivity contribution is 0.0503. The number of carbonyl (C=O) groups is 1. The minimum Gasteiger partial charge on any atom is -0.378 e. The second-order valence-corrected chi connectivity index (χ2v) is 4.61. The third-order valence-corrected chi connectivity index (χ3v) is 2.22. The van der Waals surface area contributed by atoms with Gasteiger partial charge in [-0.05, 0) is 19.4 Å². The van der Waals surface area contributed by atoms with Crippen molar-refractivity contribution in [3.05, 3.63) is 0 Å². The quantitative estimate of drug-likeness (QED) is 0.456. The molecule has 6 heteroatoms. The number of ether oxygens (including phenoxy) is 2. The van der Waals surface area contributed by atoms with E-state index in [0.717, 1.165) is 13.1 Å². The molecule has 2 amide bonds. The van der Waals surface area contributed by atoms with Crippen molar-refractivity contribution in [2.24, 2.45) is 5.92 Å². The zero-order valence-corrected chi connectivity index (χ0v) is 12.5. The van der Waals surface area contributed by atoms with Gasteiger partial charge in [0.05, 0.1) is 26.4 Å². The molecule has 0 aromatic rings. The van der Waals surface area contributed by atoms with Crippen molar-refractivity contribution < 1.29 is 14.3 Å². The van der Waals surface area contributed by atoms with E-state index in [9.17, 15) is 4.79 Å². The first-order chi connectivity index (χ1) is 9.16. The topological polar surface area (TPSA) is 71.6 Å². The monoisotopic (exact) mass is 275 g/mol. The lowest BCUT2D eigenvalue weighted by atomic mass is 10.2. The second-order valence-electron chi connectivity index (χ2n) is 4.61. The maximum atomic E-state index is 11.0. The fourth-order valence-corrected chi connectivity index (χ4v) is 1.32. The van der Waals surface area contributed by atoms with Gasteiger partial charge >= 0.3 is 6.03 Å². The molecule has 0 aliphatic rings. The van der Waals surface area contributed by atoms with Gasteiger partial charge in [-0.25, -0.2) is 4.79 Å². The van der Waals surface area contributed by atoms with Gasteiger partial charge < -0.3 is 25.4 Å². The molecular formula is C13H29N3O3. The molecule has 0 spiro atoms. The van der Waals surface area contributed by atoms with Gasteiger partial charge in [-0.2, -0.15) is 0 Å². The Balaban J connectivity index is 3.05. The molecule has 0 heterocycles. The number of hydrogen-bond acceptors (Lipinski definition) is 4. The molecule has 0 fully saturated rings. The summed E-state index contributed by atoms with van der Waals surface area (Å²) < 4.78 is 10.7.